The molecular formula is C10H18N4O4. The van der Waals surface area contributed by atoms with Crippen molar-refractivity contribution >= 4 is 5.95 Å². The summed E-state index contributed by atoms with van der Waals surface area (Å²) in [4.78, 5) is 13.9. The first kappa shape index (κ1) is 14.4. The first-order valence-corrected chi connectivity index (χ1v) is 5.44. The van der Waals surface area contributed by atoms with Crippen molar-refractivity contribution in [3.63, 3.8) is 0 Å². The third-order valence-electron chi connectivity index (χ3n) is 2.17. The number of aliphatic hydroxyl groups is 1. The minimum absolute atomic E-state index is 0.0139. The summed E-state index contributed by atoms with van der Waals surface area (Å²) < 4.78 is 14.9. The predicted molar refractivity (Wildman–Crippen MR) is 64.1 cm³/mol. The maximum atomic E-state index is 9.03. The predicted octanol–water partition coefficient (Wildman–Crippen LogP) is -0.666. The molecule has 0 saturated heterocycles. The van der Waals surface area contributed by atoms with Crippen LogP contribution in [0.2, 0.25) is 0 Å². The van der Waals surface area contributed by atoms with Crippen molar-refractivity contribution in [1.29, 1.82) is 0 Å². The first-order chi connectivity index (χ1) is 8.74. The molecule has 0 aromatic carbocycles. The van der Waals surface area contributed by atoms with E-state index >= 15 is 0 Å². The number of anilines is 1. The van der Waals surface area contributed by atoms with E-state index in [9.17, 15) is 0 Å². The van der Waals surface area contributed by atoms with Gasteiger partial charge in [-0.2, -0.15) is 9.97 Å². The maximum absolute atomic E-state index is 9.03. The quantitative estimate of drug-likeness (QED) is 0.657. The van der Waals surface area contributed by atoms with Crippen LogP contribution >= 0.6 is 0 Å². The molecule has 18 heavy (non-hydrogen) atoms. The highest BCUT2D eigenvalue weighted by Gasteiger charge is 2.13. The smallest absolute Gasteiger partial charge is 0.324 e. The zero-order chi connectivity index (χ0) is 13.4. The highest BCUT2D eigenvalue weighted by Crippen LogP contribution is 2.15. The normalized spacial score (nSPS) is 10.2. The fourth-order valence-electron chi connectivity index (χ4n) is 1.29. The highest BCUT2D eigenvalue weighted by atomic mass is 16.5. The number of aromatic nitrogens is 3. The van der Waals surface area contributed by atoms with Gasteiger partial charge in [-0.25, -0.2) is 0 Å². The van der Waals surface area contributed by atoms with Gasteiger partial charge in [0.1, 0.15) is 0 Å². The highest BCUT2D eigenvalue weighted by molar-refractivity contribution is 5.32. The van der Waals surface area contributed by atoms with E-state index in [-0.39, 0.29) is 18.6 Å². The number of aliphatic hydroxyl groups excluding tert-OH is 1. The lowest BCUT2D eigenvalue weighted by Crippen LogP contribution is -2.32. The molecule has 0 fully saturated rings. The molecular weight excluding hydrogens is 240 g/mol. The summed E-state index contributed by atoms with van der Waals surface area (Å²) in [5, 5.41) is 9.03. The molecule has 0 atom stereocenters. The van der Waals surface area contributed by atoms with Gasteiger partial charge in [0.05, 0.1) is 27.4 Å². The molecule has 1 aromatic heterocycles. The van der Waals surface area contributed by atoms with Crippen LogP contribution in [0.15, 0.2) is 0 Å². The van der Waals surface area contributed by atoms with Gasteiger partial charge in [-0.15, -0.1) is 4.98 Å². The molecule has 0 aliphatic carbocycles. The Hall–Kier alpha value is -1.67. The zero-order valence-corrected chi connectivity index (χ0v) is 10.8. The summed E-state index contributed by atoms with van der Waals surface area (Å²) in [5.41, 5.74) is 0. The van der Waals surface area contributed by atoms with Gasteiger partial charge in [-0.3, -0.25) is 0 Å². The van der Waals surface area contributed by atoms with Crippen LogP contribution in [-0.2, 0) is 4.74 Å². The Kier molecular flexibility index (Phi) is 6.09. The molecule has 0 aliphatic heterocycles. The molecule has 0 saturated carbocycles. The Balaban J connectivity index is 2.93. The van der Waals surface area contributed by atoms with Crippen LogP contribution in [-0.4, -0.2) is 67.7 Å². The maximum Gasteiger partial charge on any atom is 0.324 e. The SMILES string of the molecule is COCCN(CCO)c1nc(OC)nc(OC)n1. The molecule has 102 valence electrons. The van der Waals surface area contributed by atoms with Gasteiger partial charge in [0.15, 0.2) is 0 Å². The Labute approximate surface area is 106 Å². The second kappa shape index (κ2) is 7.62. The van der Waals surface area contributed by atoms with E-state index in [4.69, 9.17) is 19.3 Å². The van der Waals surface area contributed by atoms with Gasteiger partial charge in [-0.05, 0) is 0 Å². The van der Waals surface area contributed by atoms with Crippen molar-refractivity contribution in [2.45, 2.75) is 0 Å². The number of hydrogen-bond donors (Lipinski definition) is 1. The molecule has 1 aromatic rings. The number of rotatable bonds is 8. The van der Waals surface area contributed by atoms with Crippen LogP contribution in [0.25, 0.3) is 0 Å². The molecule has 0 radical (unpaired) electrons. The Morgan fingerprint density at radius 2 is 1.61 bits per heavy atom. The summed E-state index contributed by atoms with van der Waals surface area (Å²) >= 11 is 0. The zero-order valence-electron chi connectivity index (χ0n) is 10.8. The third kappa shape index (κ3) is 3.97. The van der Waals surface area contributed by atoms with Crippen molar-refractivity contribution in [2.75, 3.05) is 52.5 Å². The van der Waals surface area contributed by atoms with E-state index < -0.39 is 0 Å². The molecule has 1 N–H and O–H groups in total. The van der Waals surface area contributed by atoms with Crippen LogP contribution < -0.4 is 14.4 Å². The van der Waals surface area contributed by atoms with Crippen molar-refractivity contribution in [2.24, 2.45) is 0 Å². The lowest BCUT2D eigenvalue weighted by molar-refractivity contribution is 0.202. The van der Waals surface area contributed by atoms with Crippen molar-refractivity contribution < 1.29 is 19.3 Å². The molecule has 0 aliphatic rings. The van der Waals surface area contributed by atoms with Gasteiger partial charge in [0, 0.05) is 20.2 Å². The van der Waals surface area contributed by atoms with Crippen molar-refractivity contribution in [3.05, 3.63) is 0 Å². The fraction of sp³-hybridized carbons (Fsp3) is 0.700. The molecule has 0 amide bonds. The topological polar surface area (TPSA) is 89.8 Å². The summed E-state index contributed by atoms with van der Waals surface area (Å²) in [6.45, 7) is 1.42. The van der Waals surface area contributed by atoms with Crippen LogP contribution in [0.4, 0.5) is 5.95 Å². The lowest BCUT2D eigenvalue weighted by atomic mass is 10.5. The summed E-state index contributed by atoms with van der Waals surface area (Å²) in [7, 11) is 4.53. The van der Waals surface area contributed by atoms with Crippen molar-refractivity contribution in [1.82, 2.24) is 15.0 Å². The Morgan fingerprint density at radius 1 is 1.00 bits per heavy atom. The fourth-order valence-corrected chi connectivity index (χ4v) is 1.29. The van der Waals surface area contributed by atoms with E-state index in [1.165, 1.54) is 14.2 Å². The number of hydrogen-bond acceptors (Lipinski definition) is 8. The number of ether oxygens (including phenoxy) is 3. The minimum Gasteiger partial charge on any atom is -0.467 e. The van der Waals surface area contributed by atoms with Crippen molar-refractivity contribution in [3.8, 4) is 12.0 Å². The number of nitrogens with zero attached hydrogens (tertiary/aromatic N) is 4. The van der Waals surface area contributed by atoms with E-state index in [0.29, 0.717) is 25.6 Å². The van der Waals surface area contributed by atoms with Gasteiger partial charge in [0.2, 0.25) is 5.95 Å². The average molecular weight is 258 g/mol. The molecule has 8 heteroatoms. The standard InChI is InChI=1S/C10H18N4O4/c1-16-7-5-14(4-6-15)8-11-9(17-2)13-10(12-8)18-3/h15H,4-7H2,1-3H3. The van der Waals surface area contributed by atoms with Crippen LogP contribution in [0, 0.1) is 0 Å². The Morgan fingerprint density at radius 3 is 2.06 bits per heavy atom. The van der Waals surface area contributed by atoms with Crippen LogP contribution in [0.3, 0.4) is 0 Å². The summed E-state index contributed by atoms with van der Waals surface area (Å²) in [6, 6.07) is 0.328. The lowest BCUT2D eigenvalue weighted by Gasteiger charge is -2.21. The number of methoxy groups -OCH3 is 3. The first-order valence-electron chi connectivity index (χ1n) is 5.44. The van der Waals surface area contributed by atoms with E-state index in [1.807, 2.05) is 0 Å². The van der Waals surface area contributed by atoms with Gasteiger partial charge in [0.25, 0.3) is 0 Å². The molecule has 8 nitrogen and oxygen atoms in total. The molecule has 1 heterocycles. The summed E-state index contributed by atoms with van der Waals surface area (Å²) in [5.74, 6) is 0.379. The minimum atomic E-state index is -0.0139. The summed E-state index contributed by atoms with van der Waals surface area (Å²) in [6.07, 6.45) is 0. The Bertz CT molecular complexity index is 341. The largest absolute Gasteiger partial charge is 0.467 e. The molecule has 0 bridgehead atoms. The third-order valence-corrected chi connectivity index (χ3v) is 2.17. The van der Waals surface area contributed by atoms with Gasteiger partial charge in [-0.1, -0.05) is 0 Å². The molecule has 1 rings (SSSR count). The molecule has 0 spiro atoms. The monoisotopic (exact) mass is 258 g/mol. The molecule has 0 unspecified atom stereocenters. The van der Waals surface area contributed by atoms with E-state index in [0.717, 1.165) is 0 Å². The van der Waals surface area contributed by atoms with Gasteiger partial charge < -0.3 is 24.2 Å². The van der Waals surface area contributed by atoms with Crippen LogP contribution in [0.5, 0.6) is 12.0 Å². The van der Waals surface area contributed by atoms with Gasteiger partial charge >= 0.3 is 12.0 Å². The van der Waals surface area contributed by atoms with E-state index in [2.05, 4.69) is 15.0 Å². The average Bonchev–Trinajstić information content (AvgIpc) is 2.42. The second-order valence-corrected chi connectivity index (χ2v) is 3.31. The van der Waals surface area contributed by atoms with E-state index in [1.54, 1.807) is 12.0 Å². The second-order valence-electron chi connectivity index (χ2n) is 3.31. The van der Waals surface area contributed by atoms with Crippen LogP contribution in [0.1, 0.15) is 0 Å².